The molecule has 1 aromatic rings. The van der Waals surface area contributed by atoms with Gasteiger partial charge in [-0.3, -0.25) is 4.79 Å². The number of amides is 1. The van der Waals surface area contributed by atoms with Crippen LogP contribution in [0, 0.1) is 0 Å². The quantitative estimate of drug-likeness (QED) is 0.580. The van der Waals surface area contributed by atoms with Crippen molar-refractivity contribution in [2.24, 2.45) is 0 Å². The van der Waals surface area contributed by atoms with Crippen LogP contribution in [0.2, 0.25) is 10.2 Å². The van der Waals surface area contributed by atoms with Crippen molar-refractivity contribution in [3.05, 3.63) is 39.7 Å². The second kappa shape index (κ2) is 5.07. The Morgan fingerprint density at radius 3 is 2.82 bits per heavy atom. The van der Waals surface area contributed by atoms with Gasteiger partial charge in [0.15, 0.2) is 0 Å². The molecule has 0 radical (unpaired) electrons. The van der Waals surface area contributed by atoms with E-state index in [-0.39, 0.29) is 11.1 Å². The number of rotatable bonds is 1. The second-order valence-electron chi connectivity index (χ2n) is 4.05. The summed E-state index contributed by atoms with van der Waals surface area (Å²) in [5.74, 6) is -0.0557. The lowest BCUT2D eigenvalue weighted by molar-refractivity contribution is 0.0768. The number of nitrogens with zero attached hydrogens (tertiary/aromatic N) is 2. The van der Waals surface area contributed by atoms with Crippen molar-refractivity contribution >= 4 is 29.1 Å². The molecule has 2 heterocycles. The van der Waals surface area contributed by atoms with Gasteiger partial charge < -0.3 is 4.90 Å². The second-order valence-corrected chi connectivity index (χ2v) is 4.81. The molecular formula is C12H12Cl2N2O. The van der Waals surface area contributed by atoms with Gasteiger partial charge in [0.1, 0.15) is 5.15 Å². The van der Waals surface area contributed by atoms with Crippen LogP contribution in [-0.4, -0.2) is 28.9 Å². The van der Waals surface area contributed by atoms with E-state index in [0.717, 1.165) is 13.0 Å². The fraction of sp³-hybridized carbons (Fsp3) is 0.333. The highest BCUT2D eigenvalue weighted by Crippen LogP contribution is 2.21. The Labute approximate surface area is 110 Å². The van der Waals surface area contributed by atoms with E-state index in [2.05, 4.69) is 18.0 Å². The SMILES string of the molecule is CC1=CCN(C(=O)c2cnc(Cl)c(Cl)c2)CC1. The van der Waals surface area contributed by atoms with Crippen LogP contribution < -0.4 is 0 Å². The summed E-state index contributed by atoms with van der Waals surface area (Å²) >= 11 is 11.6. The number of hydrogen-bond donors (Lipinski definition) is 0. The molecule has 0 aliphatic carbocycles. The van der Waals surface area contributed by atoms with Crippen molar-refractivity contribution in [2.45, 2.75) is 13.3 Å². The van der Waals surface area contributed by atoms with Crippen LogP contribution in [0.3, 0.4) is 0 Å². The molecule has 0 saturated carbocycles. The minimum atomic E-state index is -0.0557. The summed E-state index contributed by atoms with van der Waals surface area (Å²) in [6.07, 6.45) is 4.44. The molecule has 0 N–H and O–H groups in total. The maximum absolute atomic E-state index is 12.1. The normalized spacial score (nSPS) is 15.7. The summed E-state index contributed by atoms with van der Waals surface area (Å²) in [4.78, 5) is 17.8. The Kier molecular flexibility index (Phi) is 3.69. The van der Waals surface area contributed by atoms with Crippen LogP contribution >= 0.6 is 23.2 Å². The van der Waals surface area contributed by atoms with Crippen molar-refractivity contribution in [2.75, 3.05) is 13.1 Å². The van der Waals surface area contributed by atoms with E-state index in [1.807, 2.05) is 0 Å². The fourth-order valence-corrected chi connectivity index (χ4v) is 1.95. The van der Waals surface area contributed by atoms with E-state index in [1.165, 1.54) is 11.8 Å². The van der Waals surface area contributed by atoms with Gasteiger partial charge in [-0.15, -0.1) is 0 Å². The van der Waals surface area contributed by atoms with Crippen LogP contribution in [0.15, 0.2) is 23.9 Å². The molecule has 0 bridgehead atoms. The Morgan fingerprint density at radius 2 is 2.24 bits per heavy atom. The molecule has 5 heteroatoms. The van der Waals surface area contributed by atoms with Crippen molar-refractivity contribution in [3.63, 3.8) is 0 Å². The largest absolute Gasteiger partial charge is 0.335 e. The zero-order valence-corrected chi connectivity index (χ0v) is 10.9. The zero-order valence-electron chi connectivity index (χ0n) is 9.41. The number of hydrogen-bond acceptors (Lipinski definition) is 2. The Balaban J connectivity index is 2.17. The van der Waals surface area contributed by atoms with Gasteiger partial charge in [-0.25, -0.2) is 4.98 Å². The Morgan fingerprint density at radius 1 is 1.47 bits per heavy atom. The van der Waals surface area contributed by atoms with Gasteiger partial charge in [-0.2, -0.15) is 0 Å². The molecule has 0 saturated heterocycles. The first-order valence-electron chi connectivity index (χ1n) is 5.34. The van der Waals surface area contributed by atoms with Crippen LogP contribution in [0.4, 0.5) is 0 Å². The highest BCUT2D eigenvalue weighted by Gasteiger charge is 2.18. The summed E-state index contributed by atoms with van der Waals surface area (Å²) < 4.78 is 0. The summed E-state index contributed by atoms with van der Waals surface area (Å²) in [5, 5.41) is 0.527. The molecular weight excluding hydrogens is 259 g/mol. The van der Waals surface area contributed by atoms with Crippen LogP contribution in [0.5, 0.6) is 0 Å². The molecule has 2 rings (SSSR count). The van der Waals surface area contributed by atoms with E-state index in [1.54, 1.807) is 11.0 Å². The lowest BCUT2D eigenvalue weighted by Crippen LogP contribution is -2.34. The van der Waals surface area contributed by atoms with Crippen molar-refractivity contribution in [3.8, 4) is 0 Å². The third-order valence-electron chi connectivity index (χ3n) is 2.77. The highest BCUT2D eigenvalue weighted by atomic mass is 35.5. The molecule has 0 fully saturated rings. The minimum Gasteiger partial charge on any atom is -0.335 e. The van der Waals surface area contributed by atoms with Gasteiger partial charge >= 0.3 is 0 Å². The number of pyridine rings is 1. The van der Waals surface area contributed by atoms with E-state index in [0.29, 0.717) is 17.1 Å². The monoisotopic (exact) mass is 270 g/mol. The smallest absolute Gasteiger partial charge is 0.255 e. The van der Waals surface area contributed by atoms with Crippen molar-refractivity contribution in [1.82, 2.24) is 9.88 Å². The summed E-state index contributed by atoms with van der Waals surface area (Å²) in [6, 6.07) is 1.56. The van der Waals surface area contributed by atoms with Crippen molar-refractivity contribution in [1.29, 1.82) is 0 Å². The summed E-state index contributed by atoms with van der Waals surface area (Å²) in [6.45, 7) is 3.45. The van der Waals surface area contributed by atoms with Crippen molar-refractivity contribution < 1.29 is 4.79 Å². The molecule has 1 aliphatic rings. The van der Waals surface area contributed by atoms with E-state index in [9.17, 15) is 4.79 Å². The number of carbonyl (C=O) groups is 1. The Bertz CT molecular complexity index is 485. The molecule has 1 aliphatic heterocycles. The third kappa shape index (κ3) is 2.79. The first-order valence-corrected chi connectivity index (χ1v) is 6.09. The first-order chi connectivity index (χ1) is 8.08. The lowest BCUT2D eigenvalue weighted by Gasteiger charge is -2.25. The average molecular weight is 271 g/mol. The summed E-state index contributed by atoms with van der Waals surface area (Å²) in [5.41, 5.74) is 1.80. The molecule has 3 nitrogen and oxygen atoms in total. The maximum atomic E-state index is 12.1. The van der Waals surface area contributed by atoms with Crippen LogP contribution in [0.25, 0.3) is 0 Å². The van der Waals surface area contributed by atoms with Gasteiger partial charge in [-0.05, 0) is 19.4 Å². The molecule has 17 heavy (non-hydrogen) atoms. The summed E-state index contributed by atoms with van der Waals surface area (Å²) in [7, 11) is 0. The first kappa shape index (κ1) is 12.4. The predicted octanol–water partition coefficient (Wildman–Crippen LogP) is 3.18. The van der Waals surface area contributed by atoms with Gasteiger partial charge in [0.2, 0.25) is 0 Å². The zero-order chi connectivity index (χ0) is 12.4. The molecule has 0 spiro atoms. The topological polar surface area (TPSA) is 33.2 Å². The van der Waals surface area contributed by atoms with Crippen LogP contribution in [-0.2, 0) is 0 Å². The molecule has 0 atom stereocenters. The fourth-order valence-electron chi connectivity index (χ4n) is 1.68. The van der Waals surface area contributed by atoms with Gasteiger partial charge in [0.05, 0.1) is 10.6 Å². The number of halogens is 2. The molecule has 90 valence electrons. The molecule has 1 aromatic heterocycles. The minimum absolute atomic E-state index is 0.0557. The van der Waals surface area contributed by atoms with Gasteiger partial charge in [0, 0.05) is 19.3 Å². The maximum Gasteiger partial charge on any atom is 0.255 e. The van der Waals surface area contributed by atoms with Gasteiger partial charge in [0.25, 0.3) is 5.91 Å². The number of aromatic nitrogens is 1. The molecule has 0 aromatic carbocycles. The lowest BCUT2D eigenvalue weighted by atomic mass is 10.1. The molecule has 0 unspecified atom stereocenters. The predicted molar refractivity (Wildman–Crippen MR) is 68.5 cm³/mol. The van der Waals surface area contributed by atoms with E-state index in [4.69, 9.17) is 23.2 Å². The third-order valence-corrected chi connectivity index (χ3v) is 3.45. The van der Waals surface area contributed by atoms with E-state index >= 15 is 0 Å². The Hall–Kier alpha value is -1.06. The standard InChI is InChI=1S/C12H12Cl2N2O/c1-8-2-4-16(5-3-8)12(17)9-6-10(13)11(14)15-7-9/h2,6-7H,3-5H2,1H3. The molecule has 1 amide bonds. The van der Waals surface area contributed by atoms with Crippen LogP contribution in [0.1, 0.15) is 23.7 Å². The van der Waals surface area contributed by atoms with E-state index < -0.39 is 0 Å². The van der Waals surface area contributed by atoms with Gasteiger partial charge in [-0.1, -0.05) is 34.9 Å². The average Bonchev–Trinajstić information content (AvgIpc) is 2.33. The number of carbonyl (C=O) groups excluding carboxylic acids is 1. The highest BCUT2D eigenvalue weighted by molar-refractivity contribution is 6.41.